The molecule has 3 heterocycles. The summed E-state index contributed by atoms with van der Waals surface area (Å²) < 4.78 is 0. The van der Waals surface area contributed by atoms with Crippen molar-refractivity contribution in [1.29, 1.82) is 0 Å². The minimum Gasteiger partial charge on any atom is -0.384 e. The number of nitrogens with two attached hydrogens (primary N) is 1. The molecule has 0 aliphatic carbocycles. The van der Waals surface area contributed by atoms with Crippen LogP contribution in [0.1, 0.15) is 28.6 Å². The summed E-state index contributed by atoms with van der Waals surface area (Å²) in [4.78, 5) is 14.4. The molecular formula is C19H24N6. The number of imidazole rings is 1. The molecule has 1 aliphatic rings. The van der Waals surface area contributed by atoms with Gasteiger partial charge < -0.3 is 20.9 Å². The number of aryl methyl sites for hydroxylation is 1. The summed E-state index contributed by atoms with van der Waals surface area (Å²) in [6, 6.07) is 8.65. The molecule has 0 bridgehead atoms. The Kier molecular flexibility index (Phi) is 3.84. The predicted octanol–water partition coefficient (Wildman–Crippen LogP) is 2.66. The van der Waals surface area contributed by atoms with Gasteiger partial charge in [-0.15, -0.1) is 0 Å². The average Bonchev–Trinajstić information content (AvgIpc) is 3.14. The van der Waals surface area contributed by atoms with E-state index in [-0.39, 0.29) is 6.04 Å². The molecule has 1 aromatic carbocycles. The van der Waals surface area contributed by atoms with Gasteiger partial charge in [0.15, 0.2) is 5.65 Å². The number of nitrogens with zero attached hydrogens (tertiary/aromatic N) is 3. The molecule has 0 spiro atoms. The first-order chi connectivity index (χ1) is 12.0. The summed E-state index contributed by atoms with van der Waals surface area (Å²) >= 11 is 0. The standard InChI is InChI=1S/C19H24N6/c1-11-21-18-14(10-17(20)24-19(18)22-11)16-9-13-12(7-8-25(2)3)5-4-6-15(13)23-16/h4-6,10,16,23H,7-9H2,1-3H3,(H3,20,21,22,24). The summed E-state index contributed by atoms with van der Waals surface area (Å²) in [5.74, 6) is 1.38. The Bertz CT molecular complexity index is 927. The number of anilines is 2. The fraction of sp³-hybridized carbons (Fsp3) is 0.368. The van der Waals surface area contributed by atoms with Crippen LogP contribution in [-0.4, -0.2) is 40.5 Å². The second-order valence-electron chi connectivity index (χ2n) is 7.05. The lowest BCUT2D eigenvalue weighted by Gasteiger charge is -2.13. The number of nitrogens with one attached hydrogen (secondary N) is 2. The number of H-pyrrole nitrogens is 1. The third-order valence-electron chi connectivity index (χ3n) is 4.84. The van der Waals surface area contributed by atoms with Crippen LogP contribution in [0.4, 0.5) is 11.5 Å². The van der Waals surface area contributed by atoms with Crippen molar-refractivity contribution in [3.05, 3.63) is 46.8 Å². The Balaban J connectivity index is 1.69. The maximum absolute atomic E-state index is 6.03. The highest BCUT2D eigenvalue weighted by Crippen LogP contribution is 2.38. The molecule has 25 heavy (non-hydrogen) atoms. The van der Waals surface area contributed by atoms with E-state index < -0.39 is 0 Å². The van der Waals surface area contributed by atoms with E-state index in [1.807, 2.05) is 13.0 Å². The van der Waals surface area contributed by atoms with Gasteiger partial charge in [0, 0.05) is 17.8 Å². The molecule has 4 N–H and O–H groups in total. The van der Waals surface area contributed by atoms with Gasteiger partial charge in [-0.3, -0.25) is 0 Å². The third kappa shape index (κ3) is 2.93. The minimum atomic E-state index is 0.172. The molecule has 3 aromatic rings. The number of hydrogen-bond acceptors (Lipinski definition) is 5. The molecule has 6 nitrogen and oxygen atoms in total. The third-order valence-corrected chi connectivity index (χ3v) is 4.84. The first-order valence-electron chi connectivity index (χ1n) is 8.66. The van der Waals surface area contributed by atoms with Crippen LogP contribution in [0.2, 0.25) is 0 Å². The van der Waals surface area contributed by atoms with Gasteiger partial charge in [0.25, 0.3) is 0 Å². The zero-order valence-electron chi connectivity index (χ0n) is 14.9. The minimum absolute atomic E-state index is 0.172. The lowest BCUT2D eigenvalue weighted by Crippen LogP contribution is -2.15. The van der Waals surface area contributed by atoms with Gasteiger partial charge >= 0.3 is 0 Å². The normalized spacial score (nSPS) is 16.4. The molecule has 1 atom stereocenters. The van der Waals surface area contributed by atoms with Crippen LogP contribution in [0.15, 0.2) is 24.3 Å². The second kappa shape index (κ2) is 6.04. The fourth-order valence-corrected chi connectivity index (χ4v) is 3.64. The van der Waals surface area contributed by atoms with Crippen LogP contribution >= 0.6 is 0 Å². The molecule has 0 radical (unpaired) electrons. The number of hydrogen-bond donors (Lipinski definition) is 3. The molecule has 0 fully saturated rings. The Hall–Kier alpha value is -2.60. The van der Waals surface area contributed by atoms with E-state index in [2.05, 4.69) is 57.5 Å². The molecule has 130 valence electrons. The smallest absolute Gasteiger partial charge is 0.160 e. The first kappa shape index (κ1) is 15.9. The Morgan fingerprint density at radius 2 is 2.12 bits per heavy atom. The van der Waals surface area contributed by atoms with Crippen LogP contribution in [0.5, 0.6) is 0 Å². The van der Waals surface area contributed by atoms with Crippen molar-refractivity contribution >= 4 is 22.7 Å². The molecule has 0 saturated carbocycles. The van der Waals surface area contributed by atoms with E-state index in [0.29, 0.717) is 5.82 Å². The number of benzene rings is 1. The van der Waals surface area contributed by atoms with E-state index in [9.17, 15) is 0 Å². The van der Waals surface area contributed by atoms with Crippen molar-refractivity contribution in [3.8, 4) is 0 Å². The van der Waals surface area contributed by atoms with Crippen LogP contribution in [0, 0.1) is 6.92 Å². The number of fused-ring (bicyclic) bond motifs is 2. The lowest BCUT2D eigenvalue weighted by molar-refractivity contribution is 0.413. The van der Waals surface area contributed by atoms with E-state index in [0.717, 1.165) is 41.9 Å². The van der Waals surface area contributed by atoms with Crippen molar-refractivity contribution in [3.63, 3.8) is 0 Å². The Labute approximate surface area is 147 Å². The van der Waals surface area contributed by atoms with E-state index in [1.54, 1.807) is 0 Å². The topological polar surface area (TPSA) is 82.9 Å². The maximum Gasteiger partial charge on any atom is 0.160 e. The van der Waals surface area contributed by atoms with Gasteiger partial charge in [-0.1, -0.05) is 12.1 Å². The van der Waals surface area contributed by atoms with Gasteiger partial charge in [0.2, 0.25) is 0 Å². The second-order valence-corrected chi connectivity index (χ2v) is 7.05. The van der Waals surface area contributed by atoms with Crippen LogP contribution < -0.4 is 11.1 Å². The number of nitrogen functional groups attached to an aromatic ring is 1. The summed E-state index contributed by atoms with van der Waals surface area (Å²) in [5.41, 5.74) is 12.9. The molecular weight excluding hydrogens is 312 g/mol. The predicted molar refractivity (Wildman–Crippen MR) is 102 cm³/mol. The Morgan fingerprint density at radius 3 is 2.92 bits per heavy atom. The van der Waals surface area contributed by atoms with Gasteiger partial charge in [-0.05, 0) is 57.1 Å². The van der Waals surface area contributed by atoms with E-state index in [1.165, 1.54) is 16.8 Å². The summed E-state index contributed by atoms with van der Waals surface area (Å²) in [6.45, 7) is 2.99. The molecule has 1 aliphatic heterocycles. The van der Waals surface area contributed by atoms with Gasteiger partial charge in [0.1, 0.15) is 17.2 Å². The zero-order valence-corrected chi connectivity index (χ0v) is 14.9. The quantitative estimate of drug-likeness (QED) is 0.682. The molecule has 4 rings (SSSR count). The summed E-state index contributed by atoms with van der Waals surface area (Å²) in [5, 5.41) is 3.66. The average molecular weight is 336 g/mol. The monoisotopic (exact) mass is 336 g/mol. The number of pyridine rings is 1. The molecule has 0 amide bonds. The number of rotatable bonds is 4. The number of likely N-dealkylation sites (N-methyl/N-ethyl adjacent to an activating group) is 1. The van der Waals surface area contributed by atoms with Crippen LogP contribution in [-0.2, 0) is 12.8 Å². The molecule has 0 saturated heterocycles. The SMILES string of the molecule is Cc1nc2c(C3Cc4c(CCN(C)C)cccc4N3)cc(N)nc2[nH]1. The highest BCUT2D eigenvalue weighted by Gasteiger charge is 2.27. The van der Waals surface area contributed by atoms with Crippen molar-refractivity contribution < 1.29 is 0 Å². The van der Waals surface area contributed by atoms with Crippen molar-refractivity contribution in [2.75, 3.05) is 31.7 Å². The molecule has 1 unspecified atom stereocenters. The van der Waals surface area contributed by atoms with E-state index >= 15 is 0 Å². The van der Waals surface area contributed by atoms with E-state index in [4.69, 9.17) is 5.73 Å². The van der Waals surface area contributed by atoms with Gasteiger partial charge in [0.05, 0.1) is 6.04 Å². The Morgan fingerprint density at radius 1 is 1.28 bits per heavy atom. The van der Waals surface area contributed by atoms with Crippen molar-refractivity contribution in [1.82, 2.24) is 19.9 Å². The molecule has 2 aromatic heterocycles. The highest BCUT2D eigenvalue weighted by atomic mass is 15.0. The van der Waals surface area contributed by atoms with Crippen molar-refractivity contribution in [2.45, 2.75) is 25.8 Å². The van der Waals surface area contributed by atoms with Gasteiger partial charge in [-0.25, -0.2) is 9.97 Å². The highest BCUT2D eigenvalue weighted by molar-refractivity contribution is 5.79. The zero-order chi connectivity index (χ0) is 17.6. The van der Waals surface area contributed by atoms with Gasteiger partial charge in [-0.2, -0.15) is 0 Å². The van der Waals surface area contributed by atoms with Crippen LogP contribution in [0.25, 0.3) is 11.2 Å². The first-order valence-corrected chi connectivity index (χ1v) is 8.66. The maximum atomic E-state index is 6.03. The number of aromatic amines is 1. The summed E-state index contributed by atoms with van der Waals surface area (Å²) in [7, 11) is 4.22. The summed E-state index contributed by atoms with van der Waals surface area (Å²) in [6.07, 6.45) is 2.00. The van der Waals surface area contributed by atoms with Crippen LogP contribution in [0.3, 0.4) is 0 Å². The fourth-order valence-electron chi connectivity index (χ4n) is 3.64. The number of aromatic nitrogens is 3. The molecule has 6 heteroatoms. The lowest BCUT2D eigenvalue weighted by atomic mass is 9.97. The van der Waals surface area contributed by atoms with Crippen molar-refractivity contribution in [2.24, 2.45) is 0 Å². The largest absolute Gasteiger partial charge is 0.384 e.